The van der Waals surface area contributed by atoms with E-state index in [0.717, 1.165) is 21.5 Å². The van der Waals surface area contributed by atoms with Crippen molar-refractivity contribution in [3.63, 3.8) is 0 Å². The van der Waals surface area contributed by atoms with Crippen molar-refractivity contribution in [3.8, 4) is 17.2 Å². The molecule has 0 amide bonds. The predicted molar refractivity (Wildman–Crippen MR) is 80.3 cm³/mol. The molecule has 3 rings (SSSR count). The van der Waals surface area contributed by atoms with Crippen LogP contribution < -0.4 is 19.9 Å². The predicted octanol–water partition coefficient (Wildman–Crippen LogP) is 3.38. The van der Waals surface area contributed by atoms with Gasteiger partial charge in [0, 0.05) is 21.8 Å². The van der Waals surface area contributed by atoms with Crippen molar-refractivity contribution >= 4 is 21.6 Å². The molecule has 0 fully saturated rings. The lowest BCUT2D eigenvalue weighted by Crippen LogP contribution is -2.16. The Bertz CT molecular complexity index is 631. The second-order valence-electron chi connectivity index (χ2n) is 4.44. The average Bonchev–Trinajstić information content (AvgIpc) is 2.45. The summed E-state index contributed by atoms with van der Waals surface area (Å²) >= 11 is 3.41. The van der Waals surface area contributed by atoms with Gasteiger partial charge in [0.15, 0.2) is 11.5 Å². The quantitative estimate of drug-likeness (QED) is 0.873. The minimum Gasteiger partial charge on any atom is -0.489 e. The lowest BCUT2D eigenvalue weighted by atomic mass is 10.1. The van der Waals surface area contributed by atoms with E-state index >= 15 is 0 Å². The number of nitrogen functional groups attached to an aromatic ring is 1. The van der Waals surface area contributed by atoms with Crippen LogP contribution in [0.2, 0.25) is 0 Å². The summed E-state index contributed by atoms with van der Waals surface area (Å²) in [5.74, 6) is 2.20. The summed E-state index contributed by atoms with van der Waals surface area (Å²) in [6, 6.07) is 11.3. The Labute approximate surface area is 125 Å². The smallest absolute Gasteiger partial charge is 0.163 e. The van der Waals surface area contributed by atoms with Gasteiger partial charge in [-0.25, -0.2) is 0 Å². The van der Waals surface area contributed by atoms with Crippen LogP contribution >= 0.6 is 15.9 Å². The molecule has 20 heavy (non-hydrogen) atoms. The van der Waals surface area contributed by atoms with E-state index in [-0.39, 0.29) is 0 Å². The number of halogens is 1. The van der Waals surface area contributed by atoms with Crippen molar-refractivity contribution in [3.05, 3.63) is 46.4 Å². The first-order valence-corrected chi connectivity index (χ1v) is 7.08. The molecule has 0 spiro atoms. The van der Waals surface area contributed by atoms with Crippen LogP contribution in [0.25, 0.3) is 0 Å². The van der Waals surface area contributed by atoms with Crippen LogP contribution in [0.3, 0.4) is 0 Å². The molecule has 1 heterocycles. The van der Waals surface area contributed by atoms with Crippen molar-refractivity contribution in [1.29, 1.82) is 0 Å². The van der Waals surface area contributed by atoms with Gasteiger partial charge in [0.05, 0.1) is 0 Å². The van der Waals surface area contributed by atoms with Gasteiger partial charge in [-0.15, -0.1) is 0 Å². The Morgan fingerprint density at radius 2 is 1.85 bits per heavy atom. The van der Waals surface area contributed by atoms with Gasteiger partial charge in [0.1, 0.15) is 25.6 Å². The van der Waals surface area contributed by atoms with Gasteiger partial charge in [0.2, 0.25) is 0 Å². The third kappa shape index (κ3) is 2.82. The van der Waals surface area contributed by atoms with E-state index in [4.69, 9.17) is 19.9 Å². The normalized spacial score (nSPS) is 13.1. The highest BCUT2D eigenvalue weighted by Crippen LogP contribution is 2.34. The molecular formula is C15H14BrNO3. The molecule has 1 aliphatic rings. The van der Waals surface area contributed by atoms with Crippen LogP contribution in [-0.4, -0.2) is 13.2 Å². The van der Waals surface area contributed by atoms with Gasteiger partial charge in [-0.1, -0.05) is 22.0 Å². The highest BCUT2D eigenvalue weighted by molar-refractivity contribution is 9.10. The molecule has 104 valence electrons. The molecule has 0 atom stereocenters. The van der Waals surface area contributed by atoms with Crippen molar-refractivity contribution < 1.29 is 14.2 Å². The Morgan fingerprint density at radius 3 is 2.60 bits per heavy atom. The molecule has 4 nitrogen and oxygen atoms in total. The van der Waals surface area contributed by atoms with E-state index in [0.29, 0.717) is 31.3 Å². The standard InChI is InChI=1S/C15H14BrNO3/c16-11-2-1-3-12(7-11)20-9-10-6-14-15(8-13(10)17)19-5-4-18-14/h1-3,6-8H,4-5,9,17H2. The number of hydrogen-bond donors (Lipinski definition) is 1. The summed E-state index contributed by atoms with van der Waals surface area (Å²) in [5.41, 5.74) is 7.54. The summed E-state index contributed by atoms with van der Waals surface area (Å²) in [5, 5.41) is 0. The number of rotatable bonds is 3. The molecule has 0 aromatic heterocycles. The zero-order valence-corrected chi connectivity index (χ0v) is 12.4. The molecule has 0 bridgehead atoms. The largest absolute Gasteiger partial charge is 0.489 e. The van der Waals surface area contributed by atoms with Crippen molar-refractivity contribution in [1.82, 2.24) is 0 Å². The van der Waals surface area contributed by atoms with Crippen LogP contribution in [0.4, 0.5) is 5.69 Å². The third-order valence-corrected chi connectivity index (χ3v) is 3.49. The highest BCUT2D eigenvalue weighted by Gasteiger charge is 2.14. The Kier molecular flexibility index (Phi) is 3.69. The molecule has 2 aromatic carbocycles. The van der Waals surface area contributed by atoms with Crippen LogP contribution in [0, 0.1) is 0 Å². The maximum atomic E-state index is 6.01. The molecule has 2 N–H and O–H groups in total. The number of hydrogen-bond acceptors (Lipinski definition) is 4. The Hall–Kier alpha value is -1.88. The molecule has 0 saturated carbocycles. The lowest BCUT2D eigenvalue weighted by Gasteiger charge is -2.20. The maximum Gasteiger partial charge on any atom is 0.163 e. The monoisotopic (exact) mass is 335 g/mol. The second kappa shape index (κ2) is 5.63. The zero-order valence-electron chi connectivity index (χ0n) is 10.8. The zero-order chi connectivity index (χ0) is 13.9. The number of ether oxygens (including phenoxy) is 3. The fraction of sp³-hybridized carbons (Fsp3) is 0.200. The fourth-order valence-corrected chi connectivity index (χ4v) is 2.37. The summed E-state index contributed by atoms with van der Waals surface area (Å²) < 4.78 is 17.7. The van der Waals surface area contributed by atoms with Crippen LogP contribution in [0.1, 0.15) is 5.56 Å². The molecule has 1 aliphatic heterocycles. The third-order valence-electron chi connectivity index (χ3n) is 2.99. The van der Waals surface area contributed by atoms with Gasteiger partial charge in [-0.2, -0.15) is 0 Å². The molecule has 5 heteroatoms. The van der Waals surface area contributed by atoms with Crippen LogP contribution in [0.5, 0.6) is 17.2 Å². The van der Waals surface area contributed by atoms with Crippen molar-refractivity contribution in [2.45, 2.75) is 6.61 Å². The number of benzene rings is 2. The summed E-state index contributed by atoms with van der Waals surface area (Å²) in [6.07, 6.45) is 0. The Morgan fingerprint density at radius 1 is 1.10 bits per heavy atom. The Balaban J connectivity index is 1.77. The molecule has 0 unspecified atom stereocenters. The fourth-order valence-electron chi connectivity index (χ4n) is 1.99. The van der Waals surface area contributed by atoms with Crippen molar-refractivity contribution in [2.24, 2.45) is 0 Å². The number of fused-ring (bicyclic) bond motifs is 1. The maximum absolute atomic E-state index is 6.01. The lowest BCUT2D eigenvalue weighted by molar-refractivity contribution is 0.171. The van der Waals surface area contributed by atoms with Gasteiger partial charge >= 0.3 is 0 Å². The summed E-state index contributed by atoms with van der Waals surface area (Å²) in [6.45, 7) is 1.50. The van der Waals surface area contributed by atoms with E-state index in [1.165, 1.54) is 0 Å². The van der Waals surface area contributed by atoms with Gasteiger partial charge in [-0.3, -0.25) is 0 Å². The topological polar surface area (TPSA) is 53.7 Å². The first-order valence-electron chi connectivity index (χ1n) is 6.29. The number of anilines is 1. The molecule has 0 aliphatic carbocycles. The number of nitrogens with two attached hydrogens (primary N) is 1. The van der Waals surface area contributed by atoms with Crippen LogP contribution in [0.15, 0.2) is 40.9 Å². The minimum absolute atomic E-state index is 0.388. The van der Waals surface area contributed by atoms with Gasteiger partial charge in [-0.05, 0) is 24.3 Å². The average molecular weight is 336 g/mol. The molecule has 0 saturated heterocycles. The van der Waals surface area contributed by atoms with E-state index < -0.39 is 0 Å². The SMILES string of the molecule is Nc1cc2c(cc1COc1cccc(Br)c1)OCCO2. The van der Waals surface area contributed by atoms with Gasteiger partial charge in [0.25, 0.3) is 0 Å². The van der Waals surface area contributed by atoms with Crippen LogP contribution in [-0.2, 0) is 6.61 Å². The molecule has 2 aromatic rings. The van der Waals surface area contributed by atoms with E-state index in [1.54, 1.807) is 6.07 Å². The first-order chi connectivity index (χ1) is 9.72. The van der Waals surface area contributed by atoms with E-state index in [2.05, 4.69) is 15.9 Å². The van der Waals surface area contributed by atoms with Crippen molar-refractivity contribution in [2.75, 3.05) is 18.9 Å². The van der Waals surface area contributed by atoms with E-state index in [1.807, 2.05) is 30.3 Å². The second-order valence-corrected chi connectivity index (χ2v) is 5.36. The molecule has 0 radical (unpaired) electrons. The van der Waals surface area contributed by atoms with E-state index in [9.17, 15) is 0 Å². The summed E-state index contributed by atoms with van der Waals surface area (Å²) in [7, 11) is 0. The van der Waals surface area contributed by atoms with Gasteiger partial charge < -0.3 is 19.9 Å². The minimum atomic E-state index is 0.388. The first kappa shape index (κ1) is 13.1. The summed E-state index contributed by atoms with van der Waals surface area (Å²) in [4.78, 5) is 0. The molecular weight excluding hydrogens is 322 g/mol. The highest BCUT2D eigenvalue weighted by atomic mass is 79.9.